The predicted molar refractivity (Wildman–Crippen MR) is 92.4 cm³/mol. The van der Waals surface area contributed by atoms with Crippen molar-refractivity contribution >= 4 is 23.6 Å². The summed E-state index contributed by atoms with van der Waals surface area (Å²) in [4.78, 5) is 22.0. The lowest BCUT2D eigenvalue weighted by Gasteiger charge is -2.40. The van der Waals surface area contributed by atoms with Gasteiger partial charge >= 0.3 is 24.5 Å². The zero-order valence-electron chi connectivity index (χ0n) is 14.8. The summed E-state index contributed by atoms with van der Waals surface area (Å²) < 4.78 is 85.8. The van der Waals surface area contributed by atoms with Gasteiger partial charge in [0.05, 0.1) is 11.4 Å². The summed E-state index contributed by atoms with van der Waals surface area (Å²) in [5.74, 6) is -2.52. The van der Waals surface area contributed by atoms with Crippen LogP contribution < -0.4 is 10.6 Å². The molecule has 0 aliphatic carbocycles. The second-order valence-electron chi connectivity index (χ2n) is 6.01. The van der Waals surface area contributed by atoms with Crippen molar-refractivity contribution in [3.8, 4) is 11.5 Å². The summed E-state index contributed by atoms with van der Waals surface area (Å²) in [7, 11) is 0. The molecule has 14 heteroatoms. The third-order valence-electron chi connectivity index (χ3n) is 4.21. The number of phenolic OH excluding ortho intramolecular Hbond substituents is 2. The second kappa shape index (κ2) is 7.77. The van der Waals surface area contributed by atoms with Gasteiger partial charge in [0, 0.05) is 11.1 Å². The van der Waals surface area contributed by atoms with Crippen LogP contribution in [0.5, 0.6) is 11.5 Å². The van der Waals surface area contributed by atoms with Gasteiger partial charge in [0.2, 0.25) is 5.41 Å². The molecule has 0 aromatic heterocycles. The van der Waals surface area contributed by atoms with Gasteiger partial charge in [0.1, 0.15) is 11.5 Å². The summed E-state index contributed by atoms with van der Waals surface area (Å²) in [5, 5.41) is 40.0. The molecule has 168 valence electrons. The fourth-order valence-electron chi connectivity index (χ4n) is 3.10. The van der Waals surface area contributed by atoms with E-state index in [9.17, 15) is 46.1 Å². The molecule has 6 N–H and O–H groups in total. The number of carbonyl (C=O) groups is 2. The molecule has 0 saturated carbocycles. The zero-order chi connectivity index (χ0) is 23.8. The lowest BCUT2D eigenvalue weighted by molar-refractivity contribution is -0.288. The molecule has 0 saturated heterocycles. The minimum absolute atomic E-state index is 0.264. The summed E-state index contributed by atoms with van der Waals surface area (Å²) >= 11 is 0. The fraction of sp³-hybridized carbons (Fsp3) is 0.176. The van der Waals surface area contributed by atoms with Crippen LogP contribution in [0.15, 0.2) is 36.4 Å². The molecule has 0 unspecified atom stereocenters. The first-order chi connectivity index (χ1) is 14.1. The van der Waals surface area contributed by atoms with Crippen molar-refractivity contribution < 1.29 is 56.4 Å². The number of para-hydroxylation sites is 2. The highest BCUT2D eigenvalue weighted by Crippen LogP contribution is 2.60. The Kier molecular flexibility index (Phi) is 5.88. The normalized spacial score (nSPS) is 12.3. The van der Waals surface area contributed by atoms with E-state index in [4.69, 9.17) is 10.2 Å². The zero-order valence-corrected chi connectivity index (χ0v) is 14.8. The van der Waals surface area contributed by atoms with E-state index in [-0.39, 0.29) is 12.1 Å². The molecule has 0 aliphatic heterocycles. The maximum Gasteiger partial charge on any atom is 0.411 e. The summed E-state index contributed by atoms with van der Waals surface area (Å²) in [6.07, 6.45) is -16.7. The first-order valence-electron chi connectivity index (χ1n) is 7.92. The Bertz CT molecular complexity index is 940. The van der Waals surface area contributed by atoms with Gasteiger partial charge in [-0.1, -0.05) is 24.3 Å². The van der Waals surface area contributed by atoms with Gasteiger partial charge in [-0.15, -0.1) is 0 Å². The first-order valence-corrected chi connectivity index (χ1v) is 7.92. The van der Waals surface area contributed by atoms with Crippen LogP contribution in [0.4, 0.5) is 47.3 Å². The molecule has 0 spiro atoms. The Morgan fingerprint density at radius 3 is 1.26 bits per heavy atom. The molecular formula is C17H12F6N2O6. The van der Waals surface area contributed by atoms with Crippen molar-refractivity contribution in [1.82, 2.24) is 0 Å². The maximum atomic E-state index is 14.3. The van der Waals surface area contributed by atoms with Crippen LogP contribution in [0.2, 0.25) is 0 Å². The van der Waals surface area contributed by atoms with Crippen molar-refractivity contribution in [2.45, 2.75) is 17.8 Å². The molecule has 0 fully saturated rings. The van der Waals surface area contributed by atoms with Gasteiger partial charge in [0.15, 0.2) is 0 Å². The van der Waals surface area contributed by atoms with Crippen LogP contribution in [0.3, 0.4) is 0 Å². The highest BCUT2D eigenvalue weighted by atomic mass is 19.4. The van der Waals surface area contributed by atoms with E-state index >= 15 is 0 Å². The summed E-state index contributed by atoms with van der Waals surface area (Å²) in [5.41, 5.74) is -11.5. The number of aromatic hydroxyl groups is 2. The van der Waals surface area contributed by atoms with Crippen molar-refractivity contribution in [1.29, 1.82) is 0 Å². The SMILES string of the molecule is O=C(O)Nc1c(O)cccc1C(c1cccc(O)c1NC(=O)O)(C(F)(F)F)C(F)(F)F. The first kappa shape index (κ1) is 23.4. The van der Waals surface area contributed by atoms with Crippen LogP contribution in [0.1, 0.15) is 11.1 Å². The molecule has 0 atom stereocenters. The lowest BCUT2D eigenvalue weighted by Crippen LogP contribution is -2.55. The van der Waals surface area contributed by atoms with Gasteiger partial charge in [-0.05, 0) is 12.1 Å². The molecule has 2 aromatic carbocycles. The summed E-state index contributed by atoms with van der Waals surface area (Å²) in [6, 6.07) is 3.03. The standard InChI is InChI=1S/C17H12F6N2O6/c18-16(19,20)15(17(21,22)23,7-3-1-5-9(26)11(7)24-13(28)29)8-4-2-6-10(27)12(8)25-14(30)31/h1-6,24-27H,(H,28,29)(H,30,31). The number of amides is 2. The lowest BCUT2D eigenvalue weighted by atomic mass is 9.71. The quantitative estimate of drug-likeness (QED) is 0.293. The number of hydrogen-bond acceptors (Lipinski definition) is 4. The topological polar surface area (TPSA) is 139 Å². The Balaban J connectivity index is 3.15. The van der Waals surface area contributed by atoms with Gasteiger partial charge in [-0.25, -0.2) is 9.59 Å². The minimum atomic E-state index is -6.27. The summed E-state index contributed by atoms with van der Waals surface area (Å²) in [6.45, 7) is 0. The number of nitrogens with one attached hydrogen (secondary N) is 2. The van der Waals surface area contributed by atoms with Crippen LogP contribution in [-0.2, 0) is 5.41 Å². The van der Waals surface area contributed by atoms with Crippen LogP contribution >= 0.6 is 0 Å². The highest BCUT2D eigenvalue weighted by molar-refractivity contribution is 5.90. The maximum absolute atomic E-state index is 14.3. The van der Waals surface area contributed by atoms with Crippen molar-refractivity contribution in [3.05, 3.63) is 47.5 Å². The number of hydrogen-bond donors (Lipinski definition) is 6. The molecule has 2 aromatic rings. The number of phenols is 2. The smallest absolute Gasteiger partial charge is 0.411 e. The highest BCUT2D eigenvalue weighted by Gasteiger charge is 2.74. The Labute approximate surface area is 168 Å². The van der Waals surface area contributed by atoms with E-state index in [2.05, 4.69) is 0 Å². The van der Waals surface area contributed by atoms with Crippen molar-refractivity contribution in [2.24, 2.45) is 0 Å². The van der Waals surface area contributed by atoms with Gasteiger partial charge in [-0.3, -0.25) is 10.6 Å². The van der Waals surface area contributed by atoms with Gasteiger partial charge in [0.25, 0.3) is 0 Å². The molecular weight excluding hydrogens is 442 g/mol. The Morgan fingerprint density at radius 2 is 1.00 bits per heavy atom. The van der Waals surface area contributed by atoms with Crippen LogP contribution in [-0.4, -0.2) is 45.0 Å². The molecule has 2 amide bonds. The van der Waals surface area contributed by atoms with Crippen molar-refractivity contribution in [3.63, 3.8) is 0 Å². The molecule has 0 radical (unpaired) electrons. The number of benzene rings is 2. The third kappa shape index (κ3) is 3.95. The Morgan fingerprint density at radius 1 is 0.677 bits per heavy atom. The van der Waals surface area contributed by atoms with Crippen LogP contribution in [0, 0.1) is 0 Å². The van der Waals surface area contributed by atoms with Crippen molar-refractivity contribution in [2.75, 3.05) is 10.6 Å². The molecule has 0 aliphatic rings. The second-order valence-corrected chi connectivity index (χ2v) is 6.01. The van der Waals surface area contributed by atoms with E-state index in [1.165, 1.54) is 10.6 Å². The average molecular weight is 454 g/mol. The molecule has 2 rings (SSSR count). The Hall–Kier alpha value is -3.84. The molecule has 0 heterocycles. The number of alkyl halides is 6. The average Bonchev–Trinajstić information content (AvgIpc) is 2.58. The van der Waals surface area contributed by atoms with E-state index in [0.29, 0.717) is 24.3 Å². The number of rotatable bonds is 4. The molecule has 0 bridgehead atoms. The van der Waals surface area contributed by atoms with Gasteiger partial charge < -0.3 is 20.4 Å². The molecule has 31 heavy (non-hydrogen) atoms. The van der Waals surface area contributed by atoms with E-state index < -0.39 is 64.0 Å². The number of carboxylic acid groups (broad SMARTS) is 2. The third-order valence-corrected chi connectivity index (χ3v) is 4.21. The monoisotopic (exact) mass is 454 g/mol. The fourth-order valence-corrected chi connectivity index (χ4v) is 3.10. The minimum Gasteiger partial charge on any atom is -0.506 e. The molecule has 8 nitrogen and oxygen atoms in total. The van der Waals surface area contributed by atoms with Crippen LogP contribution in [0.25, 0.3) is 0 Å². The number of halogens is 6. The number of anilines is 2. The van der Waals surface area contributed by atoms with Gasteiger partial charge in [-0.2, -0.15) is 26.3 Å². The van der Waals surface area contributed by atoms with E-state index in [0.717, 1.165) is 0 Å². The predicted octanol–water partition coefficient (Wildman–Crippen LogP) is 4.69. The largest absolute Gasteiger partial charge is 0.506 e. The van der Waals surface area contributed by atoms with E-state index in [1.54, 1.807) is 0 Å². The van der Waals surface area contributed by atoms with E-state index in [1.807, 2.05) is 0 Å².